The van der Waals surface area contributed by atoms with Crippen LogP contribution in [0.15, 0.2) is 30.3 Å². The largest absolute Gasteiger partial charge is 0.395 e. The first-order valence-corrected chi connectivity index (χ1v) is 7.15. The van der Waals surface area contributed by atoms with Gasteiger partial charge in [0.05, 0.1) is 18.7 Å². The SMILES string of the molecule is CCCCN(CCO)c1nc2ccccc2cc1CO. The molecule has 4 heteroatoms. The second kappa shape index (κ2) is 7.22. The van der Waals surface area contributed by atoms with E-state index in [-0.39, 0.29) is 13.2 Å². The zero-order valence-corrected chi connectivity index (χ0v) is 11.9. The fraction of sp³-hybridized carbons (Fsp3) is 0.438. The lowest BCUT2D eigenvalue weighted by atomic mass is 10.1. The maximum atomic E-state index is 9.59. The molecule has 2 rings (SSSR count). The van der Waals surface area contributed by atoms with Gasteiger partial charge in [-0.25, -0.2) is 4.98 Å². The molecule has 4 nitrogen and oxygen atoms in total. The van der Waals surface area contributed by atoms with Crippen LogP contribution < -0.4 is 4.90 Å². The van der Waals surface area contributed by atoms with Gasteiger partial charge in [0.2, 0.25) is 0 Å². The van der Waals surface area contributed by atoms with E-state index in [9.17, 15) is 10.2 Å². The molecule has 2 aromatic rings. The lowest BCUT2D eigenvalue weighted by Gasteiger charge is -2.25. The second-order valence-corrected chi connectivity index (χ2v) is 4.89. The fourth-order valence-corrected chi connectivity index (χ4v) is 2.33. The number of hydrogen-bond acceptors (Lipinski definition) is 4. The van der Waals surface area contributed by atoms with Crippen LogP contribution in [0.25, 0.3) is 10.9 Å². The number of para-hydroxylation sites is 1. The molecule has 1 aromatic carbocycles. The lowest BCUT2D eigenvalue weighted by Crippen LogP contribution is -2.29. The summed E-state index contributed by atoms with van der Waals surface area (Å²) in [6.07, 6.45) is 2.13. The predicted octanol–water partition coefficient (Wildman–Crippen LogP) is 2.33. The van der Waals surface area contributed by atoms with Crippen LogP contribution in [0.2, 0.25) is 0 Å². The number of fused-ring (bicyclic) bond motifs is 1. The van der Waals surface area contributed by atoms with Gasteiger partial charge < -0.3 is 15.1 Å². The number of aromatic nitrogens is 1. The molecule has 0 aliphatic carbocycles. The molecule has 0 spiro atoms. The van der Waals surface area contributed by atoms with Crippen molar-refractivity contribution in [2.24, 2.45) is 0 Å². The van der Waals surface area contributed by atoms with Crippen LogP contribution in [0.3, 0.4) is 0 Å². The van der Waals surface area contributed by atoms with Gasteiger partial charge >= 0.3 is 0 Å². The molecular formula is C16H22N2O2. The normalized spacial score (nSPS) is 10.9. The average molecular weight is 274 g/mol. The first-order chi connectivity index (χ1) is 9.80. The number of rotatable bonds is 7. The Balaban J connectivity index is 2.42. The summed E-state index contributed by atoms with van der Waals surface area (Å²) in [5.74, 6) is 0.786. The van der Waals surface area contributed by atoms with Crippen LogP contribution in [-0.2, 0) is 6.61 Å². The summed E-state index contributed by atoms with van der Waals surface area (Å²) in [5.41, 5.74) is 1.73. The van der Waals surface area contributed by atoms with Crippen molar-refractivity contribution in [1.29, 1.82) is 0 Å². The third kappa shape index (κ3) is 3.26. The molecule has 0 bridgehead atoms. The monoisotopic (exact) mass is 274 g/mol. The van der Waals surface area contributed by atoms with E-state index in [1.54, 1.807) is 0 Å². The Morgan fingerprint density at radius 1 is 1.15 bits per heavy atom. The number of anilines is 1. The number of nitrogens with zero attached hydrogens (tertiary/aromatic N) is 2. The van der Waals surface area contributed by atoms with Gasteiger partial charge in [0, 0.05) is 24.0 Å². The van der Waals surface area contributed by atoms with Crippen molar-refractivity contribution in [2.75, 3.05) is 24.6 Å². The summed E-state index contributed by atoms with van der Waals surface area (Å²) in [4.78, 5) is 6.73. The van der Waals surface area contributed by atoms with E-state index < -0.39 is 0 Å². The Morgan fingerprint density at radius 2 is 1.95 bits per heavy atom. The van der Waals surface area contributed by atoms with Crippen molar-refractivity contribution in [3.05, 3.63) is 35.9 Å². The highest BCUT2D eigenvalue weighted by atomic mass is 16.3. The molecule has 0 radical (unpaired) electrons. The van der Waals surface area contributed by atoms with E-state index in [4.69, 9.17) is 0 Å². The summed E-state index contributed by atoms with van der Waals surface area (Å²) in [7, 11) is 0. The minimum absolute atomic E-state index is 0.0405. The molecule has 0 atom stereocenters. The lowest BCUT2D eigenvalue weighted by molar-refractivity contribution is 0.280. The first kappa shape index (κ1) is 14.8. The van der Waals surface area contributed by atoms with Crippen molar-refractivity contribution >= 4 is 16.7 Å². The third-order valence-electron chi connectivity index (χ3n) is 3.40. The summed E-state index contributed by atoms with van der Waals surface area (Å²) in [5, 5.41) is 19.9. The zero-order chi connectivity index (χ0) is 14.4. The highest BCUT2D eigenvalue weighted by Crippen LogP contribution is 2.24. The minimum atomic E-state index is -0.0405. The smallest absolute Gasteiger partial charge is 0.134 e. The first-order valence-electron chi connectivity index (χ1n) is 7.15. The molecule has 108 valence electrons. The van der Waals surface area contributed by atoms with Crippen molar-refractivity contribution in [2.45, 2.75) is 26.4 Å². The minimum Gasteiger partial charge on any atom is -0.395 e. The highest BCUT2D eigenvalue weighted by Gasteiger charge is 2.13. The molecule has 2 N–H and O–H groups in total. The van der Waals surface area contributed by atoms with Gasteiger partial charge in [0.1, 0.15) is 5.82 Å². The molecular weight excluding hydrogens is 252 g/mol. The Morgan fingerprint density at radius 3 is 2.65 bits per heavy atom. The number of unbranched alkanes of at least 4 members (excludes halogenated alkanes) is 1. The van der Waals surface area contributed by atoms with Gasteiger partial charge in [-0.3, -0.25) is 0 Å². The Bertz CT molecular complexity index is 557. The molecule has 0 saturated heterocycles. The maximum absolute atomic E-state index is 9.59. The molecule has 0 saturated carbocycles. The Labute approximate surface area is 119 Å². The van der Waals surface area contributed by atoms with Gasteiger partial charge in [-0.1, -0.05) is 31.5 Å². The molecule has 0 aliphatic heterocycles. The van der Waals surface area contributed by atoms with Crippen LogP contribution in [0, 0.1) is 0 Å². The van der Waals surface area contributed by atoms with Crippen molar-refractivity contribution in [3.8, 4) is 0 Å². The third-order valence-corrected chi connectivity index (χ3v) is 3.40. The zero-order valence-electron chi connectivity index (χ0n) is 11.9. The van der Waals surface area contributed by atoms with Gasteiger partial charge in [-0.15, -0.1) is 0 Å². The summed E-state index contributed by atoms with van der Waals surface area (Å²) < 4.78 is 0. The molecule has 0 aliphatic rings. The topological polar surface area (TPSA) is 56.6 Å². The van der Waals surface area contributed by atoms with Crippen molar-refractivity contribution in [1.82, 2.24) is 4.98 Å². The highest BCUT2D eigenvalue weighted by molar-refractivity contribution is 5.81. The summed E-state index contributed by atoms with van der Waals surface area (Å²) >= 11 is 0. The van der Waals surface area contributed by atoms with E-state index in [1.807, 2.05) is 30.3 Å². The average Bonchev–Trinajstić information content (AvgIpc) is 2.50. The van der Waals surface area contributed by atoms with Gasteiger partial charge in [-0.2, -0.15) is 0 Å². The predicted molar refractivity (Wildman–Crippen MR) is 81.9 cm³/mol. The van der Waals surface area contributed by atoms with Gasteiger partial charge in [-0.05, 0) is 18.6 Å². The summed E-state index contributed by atoms with van der Waals surface area (Å²) in [6.45, 7) is 3.57. The van der Waals surface area contributed by atoms with E-state index in [0.29, 0.717) is 6.54 Å². The standard InChI is InChI=1S/C16H22N2O2/c1-2-3-8-18(9-10-19)16-14(12-20)11-13-6-4-5-7-15(13)17-16/h4-7,11,19-20H,2-3,8-10,12H2,1H3. The molecule has 20 heavy (non-hydrogen) atoms. The molecule has 0 unspecified atom stereocenters. The molecule has 0 fully saturated rings. The molecule has 0 amide bonds. The van der Waals surface area contributed by atoms with E-state index in [1.165, 1.54) is 0 Å². The number of aliphatic hydroxyl groups is 2. The summed E-state index contributed by atoms with van der Waals surface area (Å²) in [6, 6.07) is 9.87. The van der Waals surface area contributed by atoms with E-state index >= 15 is 0 Å². The number of aliphatic hydroxyl groups excluding tert-OH is 2. The maximum Gasteiger partial charge on any atom is 0.134 e. The van der Waals surface area contributed by atoms with Crippen LogP contribution in [0.5, 0.6) is 0 Å². The van der Waals surface area contributed by atoms with Gasteiger partial charge in [0.25, 0.3) is 0 Å². The van der Waals surface area contributed by atoms with E-state index in [2.05, 4.69) is 16.8 Å². The fourth-order valence-electron chi connectivity index (χ4n) is 2.33. The van der Waals surface area contributed by atoms with Crippen LogP contribution in [0.4, 0.5) is 5.82 Å². The van der Waals surface area contributed by atoms with Crippen LogP contribution in [0.1, 0.15) is 25.3 Å². The van der Waals surface area contributed by atoms with Crippen LogP contribution >= 0.6 is 0 Å². The molecule has 1 aromatic heterocycles. The van der Waals surface area contributed by atoms with Crippen molar-refractivity contribution < 1.29 is 10.2 Å². The molecule has 1 heterocycles. The number of pyridine rings is 1. The van der Waals surface area contributed by atoms with Gasteiger partial charge in [0.15, 0.2) is 0 Å². The quantitative estimate of drug-likeness (QED) is 0.813. The number of benzene rings is 1. The Hall–Kier alpha value is -1.65. The van der Waals surface area contributed by atoms with Crippen LogP contribution in [-0.4, -0.2) is 34.9 Å². The second-order valence-electron chi connectivity index (χ2n) is 4.89. The Kier molecular flexibility index (Phi) is 5.32. The van der Waals surface area contributed by atoms with Crippen molar-refractivity contribution in [3.63, 3.8) is 0 Å². The number of hydrogen-bond donors (Lipinski definition) is 2. The van der Waals surface area contributed by atoms with E-state index in [0.717, 1.165) is 41.7 Å².